The maximum absolute atomic E-state index is 13.4. The number of fused-ring (bicyclic) bond motifs is 1. The third-order valence-corrected chi connectivity index (χ3v) is 6.99. The van der Waals surface area contributed by atoms with Gasteiger partial charge in [0, 0.05) is 16.5 Å². The quantitative estimate of drug-likeness (QED) is 0.264. The average Bonchev–Trinajstić information content (AvgIpc) is 3.27. The highest BCUT2D eigenvalue weighted by molar-refractivity contribution is 8.00. The topological polar surface area (TPSA) is 73.3 Å². The van der Waals surface area contributed by atoms with Gasteiger partial charge in [0.15, 0.2) is 0 Å². The Hall–Kier alpha value is -3.17. The van der Waals surface area contributed by atoms with Crippen LogP contribution in [0.5, 0.6) is 11.5 Å². The van der Waals surface area contributed by atoms with Gasteiger partial charge in [-0.2, -0.15) is 0 Å². The summed E-state index contributed by atoms with van der Waals surface area (Å²) in [7, 11) is 3.19. The number of ether oxygens (including phenoxy) is 2. The zero-order valence-electron chi connectivity index (χ0n) is 18.3. The van der Waals surface area contributed by atoms with Crippen LogP contribution < -0.4 is 14.8 Å². The van der Waals surface area contributed by atoms with E-state index < -0.39 is 0 Å². The van der Waals surface area contributed by atoms with Gasteiger partial charge in [-0.15, -0.1) is 11.3 Å². The molecule has 9 heteroatoms. The van der Waals surface area contributed by atoms with Gasteiger partial charge in [0.1, 0.15) is 33.5 Å². The summed E-state index contributed by atoms with van der Waals surface area (Å²) < 4.78 is 24.1. The Morgan fingerprint density at radius 3 is 2.67 bits per heavy atom. The van der Waals surface area contributed by atoms with Crippen molar-refractivity contribution in [1.82, 2.24) is 15.3 Å². The lowest BCUT2D eigenvalue weighted by molar-refractivity contribution is -0.119. The molecular formula is C24H22FN3O3S2. The number of halogens is 1. The van der Waals surface area contributed by atoms with E-state index in [4.69, 9.17) is 9.47 Å². The maximum atomic E-state index is 13.4. The largest absolute Gasteiger partial charge is 0.497 e. The Labute approximate surface area is 199 Å². The van der Waals surface area contributed by atoms with Crippen LogP contribution in [0.4, 0.5) is 4.39 Å². The normalized spacial score (nSPS) is 11.9. The van der Waals surface area contributed by atoms with Gasteiger partial charge in [-0.3, -0.25) is 4.79 Å². The molecule has 0 radical (unpaired) electrons. The first kappa shape index (κ1) is 23.0. The molecule has 1 amide bonds. The number of hydrogen-bond donors (Lipinski definition) is 1. The number of thiophene rings is 1. The highest BCUT2D eigenvalue weighted by Gasteiger charge is 2.18. The molecule has 33 heavy (non-hydrogen) atoms. The molecule has 1 unspecified atom stereocenters. The van der Waals surface area contributed by atoms with Gasteiger partial charge in [-0.25, -0.2) is 14.4 Å². The Kier molecular flexibility index (Phi) is 7.10. The van der Waals surface area contributed by atoms with Crippen molar-refractivity contribution >= 4 is 39.2 Å². The number of thioether (sulfide) groups is 1. The molecule has 0 saturated heterocycles. The summed E-state index contributed by atoms with van der Waals surface area (Å²) >= 11 is 2.84. The van der Waals surface area contributed by atoms with Crippen molar-refractivity contribution < 1.29 is 18.7 Å². The van der Waals surface area contributed by atoms with Gasteiger partial charge >= 0.3 is 0 Å². The fourth-order valence-corrected chi connectivity index (χ4v) is 5.28. The molecule has 6 nitrogen and oxygen atoms in total. The lowest BCUT2D eigenvalue weighted by atomic mass is 10.1. The molecule has 4 aromatic rings. The second-order valence-electron chi connectivity index (χ2n) is 7.20. The van der Waals surface area contributed by atoms with E-state index in [0.29, 0.717) is 16.5 Å². The molecule has 2 heterocycles. The SMILES string of the molecule is COc1ccc(OC)c(C(C)NC(=O)CSc2ncnc3scc(-c4ccc(F)cc4)c23)c1. The minimum absolute atomic E-state index is 0.136. The van der Waals surface area contributed by atoms with Crippen LogP contribution in [-0.4, -0.2) is 35.8 Å². The summed E-state index contributed by atoms with van der Waals surface area (Å²) in [6.07, 6.45) is 1.50. The fraction of sp³-hybridized carbons (Fsp3) is 0.208. The van der Waals surface area contributed by atoms with Gasteiger partial charge in [0.25, 0.3) is 0 Å². The Balaban J connectivity index is 1.50. The number of rotatable bonds is 8. The minimum Gasteiger partial charge on any atom is -0.497 e. The van der Waals surface area contributed by atoms with Gasteiger partial charge < -0.3 is 14.8 Å². The van der Waals surface area contributed by atoms with Crippen LogP contribution in [0.1, 0.15) is 18.5 Å². The van der Waals surface area contributed by atoms with Crippen molar-refractivity contribution in [3.8, 4) is 22.6 Å². The van der Waals surface area contributed by atoms with Crippen LogP contribution in [-0.2, 0) is 4.79 Å². The monoisotopic (exact) mass is 483 g/mol. The second kappa shape index (κ2) is 10.2. The van der Waals surface area contributed by atoms with Crippen LogP contribution in [0.15, 0.2) is 59.2 Å². The summed E-state index contributed by atoms with van der Waals surface area (Å²) in [5.74, 6) is 1.12. The van der Waals surface area contributed by atoms with Crippen molar-refractivity contribution in [3.05, 3.63) is 65.6 Å². The van der Waals surface area contributed by atoms with Crippen LogP contribution in [0.2, 0.25) is 0 Å². The molecule has 1 atom stereocenters. The highest BCUT2D eigenvalue weighted by Crippen LogP contribution is 2.38. The first-order chi connectivity index (χ1) is 16.0. The lowest BCUT2D eigenvalue weighted by Gasteiger charge is -2.18. The van der Waals surface area contributed by atoms with Crippen molar-refractivity contribution in [2.24, 2.45) is 0 Å². The number of nitrogens with one attached hydrogen (secondary N) is 1. The van der Waals surface area contributed by atoms with Gasteiger partial charge in [0.2, 0.25) is 5.91 Å². The number of benzene rings is 2. The molecular weight excluding hydrogens is 461 g/mol. The molecule has 0 aliphatic rings. The molecule has 170 valence electrons. The summed E-state index contributed by atoms with van der Waals surface area (Å²) in [5.41, 5.74) is 2.63. The molecule has 0 aliphatic heterocycles. The van der Waals surface area contributed by atoms with Gasteiger partial charge in [0.05, 0.1) is 31.4 Å². The number of carbonyl (C=O) groups excluding carboxylic acids is 1. The maximum Gasteiger partial charge on any atom is 0.230 e. The first-order valence-corrected chi connectivity index (χ1v) is 12.0. The predicted octanol–water partition coefficient (Wildman–Crippen LogP) is 5.48. The standard InChI is InChI=1S/C24H22FN3O3S2/c1-14(18-10-17(30-2)8-9-20(18)31-3)28-21(29)12-33-24-22-19(11-32-23(22)26-13-27-24)15-4-6-16(25)7-5-15/h4-11,13-14H,12H2,1-3H3,(H,28,29). The number of amides is 1. The number of hydrogen-bond acceptors (Lipinski definition) is 7. The first-order valence-electron chi connectivity index (χ1n) is 10.1. The number of nitrogens with zero attached hydrogens (tertiary/aromatic N) is 2. The number of carbonyl (C=O) groups is 1. The molecule has 2 aromatic heterocycles. The van der Waals surface area contributed by atoms with E-state index in [0.717, 1.165) is 26.9 Å². The van der Waals surface area contributed by atoms with E-state index in [1.54, 1.807) is 26.4 Å². The van der Waals surface area contributed by atoms with E-state index in [2.05, 4.69) is 15.3 Å². The molecule has 2 aromatic carbocycles. The Morgan fingerprint density at radius 1 is 1.15 bits per heavy atom. The third-order valence-electron chi connectivity index (χ3n) is 5.11. The van der Waals surface area contributed by atoms with Crippen LogP contribution in [0, 0.1) is 5.82 Å². The Morgan fingerprint density at radius 2 is 1.94 bits per heavy atom. The predicted molar refractivity (Wildman–Crippen MR) is 130 cm³/mol. The van der Waals surface area contributed by atoms with Gasteiger partial charge in [-0.05, 0) is 42.8 Å². The summed E-state index contributed by atoms with van der Waals surface area (Å²) in [4.78, 5) is 22.3. The average molecular weight is 484 g/mol. The molecule has 1 N–H and O–H groups in total. The molecule has 0 aliphatic carbocycles. The zero-order chi connectivity index (χ0) is 23.4. The van der Waals surface area contributed by atoms with Crippen LogP contribution >= 0.6 is 23.1 Å². The second-order valence-corrected chi connectivity index (χ2v) is 9.02. The van der Waals surface area contributed by atoms with E-state index in [9.17, 15) is 9.18 Å². The Bertz CT molecular complexity index is 1280. The smallest absolute Gasteiger partial charge is 0.230 e. The summed E-state index contributed by atoms with van der Waals surface area (Å²) in [6, 6.07) is 11.5. The summed E-state index contributed by atoms with van der Waals surface area (Å²) in [6.45, 7) is 1.90. The highest BCUT2D eigenvalue weighted by atomic mass is 32.2. The molecule has 4 rings (SSSR count). The van der Waals surface area contributed by atoms with E-state index in [1.165, 1.54) is 41.6 Å². The minimum atomic E-state index is -0.289. The van der Waals surface area contributed by atoms with E-state index >= 15 is 0 Å². The fourth-order valence-electron chi connectivity index (χ4n) is 3.47. The lowest BCUT2D eigenvalue weighted by Crippen LogP contribution is -2.28. The van der Waals surface area contributed by atoms with Crippen molar-refractivity contribution in [1.29, 1.82) is 0 Å². The van der Waals surface area contributed by atoms with Gasteiger partial charge in [-0.1, -0.05) is 23.9 Å². The van der Waals surface area contributed by atoms with E-state index in [-0.39, 0.29) is 23.5 Å². The van der Waals surface area contributed by atoms with Crippen molar-refractivity contribution in [2.45, 2.75) is 18.0 Å². The molecule has 0 saturated carbocycles. The zero-order valence-corrected chi connectivity index (χ0v) is 19.9. The van der Waals surface area contributed by atoms with Crippen LogP contribution in [0.25, 0.3) is 21.3 Å². The van der Waals surface area contributed by atoms with Crippen molar-refractivity contribution in [3.63, 3.8) is 0 Å². The van der Waals surface area contributed by atoms with Crippen molar-refractivity contribution in [2.75, 3.05) is 20.0 Å². The molecule has 0 fully saturated rings. The number of aromatic nitrogens is 2. The molecule has 0 bridgehead atoms. The summed E-state index contributed by atoms with van der Waals surface area (Å²) in [5, 5.41) is 6.57. The molecule has 0 spiro atoms. The third kappa shape index (κ3) is 5.09. The van der Waals surface area contributed by atoms with Crippen LogP contribution in [0.3, 0.4) is 0 Å². The number of methoxy groups -OCH3 is 2. The van der Waals surface area contributed by atoms with E-state index in [1.807, 2.05) is 30.5 Å².